The standard InChI is InChI=1S/C13H17N7/c1-14-10-8-20-7-5-16-12(20)13(17-10)19(3)9-11-15-4-6-18(11)2/h4-8,14H,9H2,1-3H3. The Labute approximate surface area is 116 Å². The van der Waals surface area contributed by atoms with Crippen molar-refractivity contribution in [3.8, 4) is 0 Å². The monoisotopic (exact) mass is 271 g/mol. The third-order valence-electron chi connectivity index (χ3n) is 3.27. The van der Waals surface area contributed by atoms with E-state index in [0.717, 1.165) is 23.1 Å². The van der Waals surface area contributed by atoms with Crippen LogP contribution in [0.4, 0.5) is 11.6 Å². The van der Waals surface area contributed by atoms with Crippen LogP contribution in [0.25, 0.3) is 5.65 Å². The van der Waals surface area contributed by atoms with Crippen LogP contribution in [0.5, 0.6) is 0 Å². The Balaban J connectivity index is 2.00. The maximum Gasteiger partial charge on any atom is 0.180 e. The number of hydrogen-bond acceptors (Lipinski definition) is 5. The minimum Gasteiger partial charge on any atom is -0.372 e. The molecule has 3 rings (SSSR count). The summed E-state index contributed by atoms with van der Waals surface area (Å²) in [4.78, 5) is 15.4. The Morgan fingerprint density at radius 1 is 1.25 bits per heavy atom. The van der Waals surface area contributed by atoms with E-state index in [9.17, 15) is 0 Å². The molecule has 0 bridgehead atoms. The summed E-state index contributed by atoms with van der Waals surface area (Å²) in [5, 5.41) is 3.07. The van der Waals surface area contributed by atoms with Crippen LogP contribution < -0.4 is 10.2 Å². The highest BCUT2D eigenvalue weighted by molar-refractivity contribution is 5.66. The second-order valence-corrected chi connectivity index (χ2v) is 4.67. The molecule has 3 heterocycles. The Morgan fingerprint density at radius 2 is 2.05 bits per heavy atom. The molecule has 7 nitrogen and oxygen atoms in total. The summed E-state index contributed by atoms with van der Waals surface area (Å²) in [6.45, 7) is 0.673. The summed E-state index contributed by atoms with van der Waals surface area (Å²) in [6, 6.07) is 0. The van der Waals surface area contributed by atoms with Gasteiger partial charge in [-0.1, -0.05) is 0 Å². The average molecular weight is 271 g/mol. The molecule has 0 atom stereocenters. The fourth-order valence-electron chi connectivity index (χ4n) is 2.13. The molecule has 3 aromatic rings. The second kappa shape index (κ2) is 4.84. The van der Waals surface area contributed by atoms with Gasteiger partial charge in [-0.15, -0.1) is 0 Å². The Hall–Kier alpha value is -2.57. The molecule has 0 spiro atoms. The highest BCUT2D eigenvalue weighted by atomic mass is 15.2. The first kappa shape index (κ1) is 12.5. The molecule has 0 aromatic carbocycles. The molecule has 20 heavy (non-hydrogen) atoms. The smallest absolute Gasteiger partial charge is 0.180 e. The molecular weight excluding hydrogens is 254 g/mol. The van der Waals surface area contributed by atoms with E-state index in [1.165, 1.54) is 0 Å². The van der Waals surface area contributed by atoms with Crippen molar-refractivity contribution in [3.63, 3.8) is 0 Å². The number of nitrogens with zero attached hydrogens (tertiary/aromatic N) is 6. The zero-order valence-electron chi connectivity index (χ0n) is 11.8. The van der Waals surface area contributed by atoms with Crippen molar-refractivity contribution in [2.45, 2.75) is 6.54 Å². The Morgan fingerprint density at radius 3 is 2.75 bits per heavy atom. The maximum atomic E-state index is 4.60. The molecule has 0 radical (unpaired) electrons. The lowest BCUT2D eigenvalue weighted by Crippen LogP contribution is -2.21. The summed E-state index contributed by atoms with van der Waals surface area (Å²) < 4.78 is 3.96. The SMILES string of the molecule is CNc1cn2ccnc2c(N(C)Cc2nccn2C)n1. The maximum absolute atomic E-state index is 4.60. The number of fused-ring (bicyclic) bond motifs is 1. The van der Waals surface area contributed by atoms with Gasteiger partial charge >= 0.3 is 0 Å². The van der Waals surface area contributed by atoms with E-state index in [-0.39, 0.29) is 0 Å². The van der Waals surface area contributed by atoms with E-state index >= 15 is 0 Å². The van der Waals surface area contributed by atoms with Crippen molar-refractivity contribution in [1.82, 2.24) is 23.9 Å². The van der Waals surface area contributed by atoms with Gasteiger partial charge < -0.3 is 19.2 Å². The third kappa shape index (κ3) is 2.07. The van der Waals surface area contributed by atoms with Gasteiger partial charge in [0.1, 0.15) is 11.6 Å². The van der Waals surface area contributed by atoms with Gasteiger partial charge in [0.2, 0.25) is 0 Å². The molecule has 0 aliphatic carbocycles. The van der Waals surface area contributed by atoms with E-state index in [0.29, 0.717) is 6.54 Å². The first-order valence-electron chi connectivity index (χ1n) is 6.38. The lowest BCUT2D eigenvalue weighted by molar-refractivity contribution is 0.755. The minimum absolute atomic E-state index is 0.673. The van der Waals surface area contributed by atoms with E-state index in [1.807, 2.05) is 53.6 Å². The molecule has 7 heteroatoms. The molecule has 0 unspecified atom stereocenters. The van der Waals surface area contributed by atoms with Crippen molar-refractivity contribution in [1.29, 1.82) is 0 Å². The van der Waals surface area contributed by atoms with E-state index in [1.54, 1.807) is 12.4 Å². The lowest BCUT2D eigenvalue weighted by atomic mass is 10.4. The third-order valence-corrected chi connectivity index (χ3v) is 3.27. The lowest BCUT2D eigenvalue weighted by Gasteiger charge is -2.19. The fourth-order valence-corrected chi connectivity index (χ4v) is 2.13. The van der Waals surface area contributed by atoms with Gasteiger partial charge in [0, 0.05) is 45.9 Å². The zero-order valence-corrected chi connectivity index (χ0v) is 11.8. The molecule has 0 aliphatic rings. The van der Waals surface area contributed by atoms with Gasteiger partial charge in [-0.25, -0.2) is 15.0 Å². The first-order chi connectivity index (χ1) is 9.69. The van der Waals surface area contributed by atoms with Gasteiger partial charge in [-0.2, -0.15) is 0 Å². The number of aromatic nitrogens is 5. The van der Waals surface area contributed by atoms with Gasteiger partial charge in [-0.3, -0.25) is 0 Å². The highest BCUT2D eigenvalue weighted by Gasteiger charge is 2.13. The quantitative estimate of drug-likeness (QED) is 0.771. The minimum atomic E-state index is 0.673. The van der Waals surface area contributed by atoms with Crippen molar-refractivity contribution in [2.75, 3.05) is 24.3 Å². The Bertz CT molecular complexity index is 727. The molecular formula is C13H17N7. The van der Waals surface area contributed by atoms with Crippen LogP contribution in [0, 0.1) is 0 Å². The van der Waals surface area contributed by atoms with Crippen molar-refractivity contribution in [2.24, 2.45) is 7.05 Å². The van der Waals surface area contributed by atoms with Gasteiger partial charge in [0.15, 0.2) is 11.5 Å². The van der Waals surface area contributed by atoms with Crippen LogP contribution in [0.15, 0.2) is 31.0 Å². The summed E-state index contributed by atoms with van der Waals surface area (Å²) in [5.74, 6) is 2.61. The van der Waals surface area contributed by atoms with Crippen LogP contribution in [0.2, 0.25) is 0 Å². The summed E-state index contributed by atoms with van der Waals surface area (Å²) in [5.41, 5.74) is 0.834. The number of hydrogen-bond donors (Lipinski definition) is 1. The zero-order chi connectivity index (χ0) is 14.1. The summed E-state index contributed by atoms with van der Waals surface area (Å²) in [6.07, 6.45) is 9.34. The van der Waals surface area contributed by atoms with Crippen LogP contribution in [0.3, 0.4) is 0 Å². The molecule has 0 aliphatic heterocycles. The van der Waals surface area contributed by atoms with Crippen molar-refractivity contribution in [3.05, 3.63) is 36.8 Å². The molecule has 0 fully saturated rings. The molecule has 0 saturated carbocycles. The van der Waals surface area contributed by atoms with Crippen molar-refractivity contribution >= 4 is 17.3 Å². The largest absolute Gasteiger partial charge is 0.372 e. The second-order valence-electron chi connectivity index (χ2n) is 4.67. The van der Waals surface area contributed by atoms with Gasteiger partial charge in [-0.05, 0) is 0 Å². The number of anilines is 2. The summed E-state index contributed by atoms with van der Waals surface area (Å²) >= 11 is 0. The number of nitrogens with one attached hydrogen (secondary N) is 1. The molecule has 1 N–H and O–H groups in total. The molecule has 0 amide bonds. The topological polar surface area (TPSA) is 63.3 Å². The number of imidazole rings is 2. The van der Waals surface area contributed by atoms with Crippen LogP contribution >= 0.6 is 0 Å². The number of aryl methyl sites for hydroxylation is 1. The molecule has 3 aromatic heterocycles. The predicted octanol–water partition coefficient (Wildman–Crippen LogP) is 1.14. The predicted molar refractivity (Wildman–Crippen MR) is 77.8 cm³/mol. The van der Waals surface area contributed by atoms with Crippen molar-refractivity contribution < 1.29 is 0 Å². The number of rotatable bonds is 4. The van der Waals surface area contributed by atoms with Crippen LogP contribution in [0.1, 0.15) is 5.82 Å². The van der Waals surface area contributed by atoms with E-state index in [2.05, 4.69) is 20.3 Å². The first-order valence-corrected chi connectivity index (χ1v) is 6.38. The van der Waals surface area contributed by atoms with E-state index < -0.39 is 0 Å². The normalized spacial score (nSPS) is 10.9. The van der Waals surface area contributed by atoms with Crippen LogP contribution in [-0.4, -0.2) is 38.0 Å². The van der Waals surface area contributed by atoms with Gasteiger partial charge in [0.25, 0.3) is 0 Å². The molecule has 104 valence electrons. The van der Waals surface area contributed by atoms with E-state index in [4.69, 9.17) is 0 Å². The highest BCUT2D eigenvalue weighted by Crippen LogP contribution is 2.20. The summed E-state index contributed by atoms with van der Waals surface area (Å²) in [7, 11) is 5.83. The fraction of sp³-hybridized carbons (Fsp3) is 0.308. The van der Waals surface area contributed by atoms with Gasteiger partial charge in [0.05, 0.1) is 12.7 Å². The Kier molecular flexibility index (Phi) is 3.02. The molecule has 0 saturated heterocycles. The average Bonchev–Trinajstić information content (AvgIpc) is 3.06. The van der Waals surface area contributed by atoms with Crippen LogP contribution in [-0.2, 0) is 13.6 Å².